The van der Waals surface area contributed by atoms with Crippen LogP contribution in [0.4, 0.5) is 5.69 Å². The first-order chi connectivity index (χ1) is 7.38. The summed E-state index contributed by atoms with van der Waals surface area (Å²) in [6.07, 6.45) is 3.35. The molecule has 0 unspecified atom stereocenters. The minimum atomic E-state index is 0.597. The van der Waals surface area contributed by atoms with Crippen molar-refractivity contribution in [2.45, 2.75) is 6.54 Å². The van der Waals surface area contributed by atoms with Crippen LogP contribution in [-0.2, 0) is 6.54 Å². The average molecular weight is 204 g/mol. The van der Waals surface area contributed by atoms with Crippen molar-refractivity contribution in [2.24, 2.45) is 0 Å². The number of methoxy groups -OCH3 is 1. The van der Waals surface area contributed by atoms with Crippen LogP contribution in [0, 0.1) is 0 Å². The second-order valence-electron chi connectivity index (χ2n) is 3.02. The molecule has 78 valence electrons. The highest BCUT2D eigenvalue weighted by atomic mass is 16.5. The maximum atomic E-state index is 5.20. The van der Waals surface area contributed by atoms with Crippen molar-refractivity contribution in [3.05, 3.63) is 42.5 Å². The summed E-state index contributed by atoms with van der Waals surface area (Å²) in [5.41, 5.74) is 0.957. The van der Waals surface area contributed by atoms with E-state index in [9.17, 15) is 0 Å². The van der Waals surface area contributed by atoms with Crippen LogP contribution in [0.1, 0.15) is 5.76 Å². The van der Waals surface area contributed by atoms with Crippen LogP contribution in [0.2, 0.25) is 0 Å². The van der Waals surface area contributed by atoms with Gasteiger partial charge >= 0.3 is 0 Å². The zero-order chi connectivity index (χ0) is 10.5. The van der Waals surface area contributed by atoms with Crippen LogP contribution in [0.3, 0.4) is 0 Å². The highest BCUT2D eigenvalue weighted by molar-refractivity contribution is 5.45. The molecule has 0 bridgehead atoms. The smallest absolute Gasteiger partial charge is 0.214 e. The largest absolute Gasteiger partial charge is 0.481 e. The fourth-order valence-electron chi connectivity index (χ4n) is 1.23. The summed E-state index contributed by atoms with van der Waals surface area (Å²) >= 11 is 0. The monoisotopic (exact) mass is 204 g/mol. The van der Waals surface area contributed by atoms with Crippen LogP contribution in [0.25, 0.3) is 0 Å². The molecule has 0 saturated carbocycles. The van der Waals surface area contributed by atoms with E-state index in [2.05, 4.69) is 10.3 Å². The van der Waals surface area contributed by atoms with Gasteiger partial charge in [0.25, 0.3) is 0 Å². The predicted octanol–water partition coefficient (Wildman–Crippen LogP) is 2.30. The number of anilines is 1. The minimum absolute atomic E-state index is 0.597. The quantitative estimate of drug-likeness (QED) is 0.830. The number of nitrogens with one attached hydrogen (secondary N) is 1. The van der Waals surface area contributed by atoms with Gasteiger partial charge in [-0.25, -0.2) is 4.98 Å². The number of hydrogen-bond acceptors (Lipinski definition) is 4. The molecular formula is C11H12N2O2. The van der Waals surface area contributed by atoms with Crippen molar-refractivity contribution in [2.75, 3.05) is 12.4 Å². The summed E-state index contributed by atoms with van der Waals surface area (Å²) in [6.45, 7) is 0.653. The SMILES string of the molecule is COc1cc(NCc2ccco2)ccn1. The molecule has 2 heterocycles. The van der Waals surface area contributed by atoms with Crippen molar-refractivity contribution in [3.63, 3.8) is 0 Å². The maximum absolute atomic E-state index is 5.20. The average Bonchev–Trinajstić information content (AvgIpc) is 2.79. The predicted molar refractivity (Wildman–Crippen MR) is 56.8 cm³/mol. The Morgan fingerprint density at radius 2 is 2.40 bits per heavy atom. The molecule has 0 aliphatic rings. The van der Waals surface area contributed by atoms with Crippen LogP contribution in [-0.4, -0.2) is 12.1 Å². The summed E-state index contributed by atoms with van der Waals surface area (Å²) in [7, 11) is 1.60. The third-order valence-electron chi connectivity index (χ3n) is 1.99. The fraction of sp³-hybridized carbons (Fsp3) is 0.182. The summed E-state index contributed by atoms with van der Waals surface area (Å²) in [6, 6.07) is 7.50. The van der Waals surface area contributed by atoms with Crippen LogP contribution < -0.4 is 10.1 Å². The van der Waals surface area contributed by atoms with Gasteiger partial charge in [0, 0.05) is 18.0 Å². The zero-order valence-corrected chi connectivity index (χ0v) is 8.43. The highest BCUT2D eigenvalue weighted by Crippen LogP contribution is 2.14. The Kier molecular flexibility index (Phi) is 2.88. The Hall–Kier alpha value is -1.97. The number of ether oxygens (including phenoxy) is 1. The van der Waals surface area contributed by atoms with Gasteiger partial charge in [-0.05, 0) is 18.2 Å². The van der Waals surface area contributed by atoms with Crippen molar-refractivity contribution in [3.8, 4) is 5.88 Å². The molecule has 0 aliphatic carbocycles. The standard InChI is InChI=1S/C11H12N2O2/c1-14-11-7-9(4-5-12-11)13-8-10-3-2-6-15-10/h2-7H,8H2,1H3,(H,12,13). The Balaban J connectivity index is 1.98. The molecule has 4 heteroatoms. The van der Waals surface area contributed by atoms with Crippen LogP contribution in [0.5, 0.6) is 5.88 Å². The molecule has 0 saturated heterocycles. The maximum Gasteiger partial charge on any atom is 0.214 e. The Morgan fingerprint density at radius 1 is 1.47 bits per heavy atom. The highest BCUT2D eigenvalue weighted by Gasteiger charge is 1.98. The lowest BCUT2D eigenvalue weighted by molar-refractivity contribution is 0.398. The molecule has 0 atom stereocenters. The normalized spacial score (nSPS) is 9.93. The van der Waals surface area contributed by atoms with Crippen molar-refractivity contribution in [1.82, 2.24) is 4.98 Å². The topological polar surface area (TPSA) is 47.3 Å². The number of rotatable bonds is 4. The minimum Gasteiger partial charge on any atom is -0.481 e. The van der Waals surface area contributed by atoms with Gasteiger partial charge in [-0.2, -0.15) is 0 Å². The lowest BCUT2D eigenvalue weighted by Crippen LogP contribution is -1.98. The first-order valence-electron chi connectivity index (χ1n) is 4.65. The van der Waals surface area contributed by atoms with E-state index in [1.165, 1.54) is 0 Å². The number of nitrogens with zero attached hydrogens (tertiary/aromatic N) is 1. The summed E-state index contributed by atoms with van der Waals surface area (Å²) in [5, 5.41) is 3.21. The van der Waals surface area contributed by atoms with Crippen molar-refractivity contribution in [1.29, 1.82) is 0 Å². The van der Waals surface area contributed by atoms with E-state index in [0.717, 1.165) is 11.4 Å². The molecule has 0 aliphatic heterocycles. The van der Waals surface area contributed by atoms with E-state index in [-0.39, 0.29) is 0 Å². The molecule has 4 nitrogen and oxygen atoms in total. The second kappa shape index (κ2) is 4.50. The third kappa shape index (κ3) is 2.49. The van der Waals surface area contributed by atoms with E-state index in [1.54, 1.807) is 19.6 Å². The van der Waals surface area contributed by atoms with Gasteiger partial charge in [0.2, 0.25) is 5.88 Å². The molecule has 0 aromatic carbocycles. The van der Waals surface area contributed by atoms with Crippen LogP contribution in [0.15, 0.2) is 41.1 Å². The number of hydrogen-bond donors (Lipinski definition) is 1. The first-order valence-corrected chi connectivity index (χ1v) is 4.65. The summed E-state index contributed by atoms with van der Waals surface area (Å²) in [5.74, 6) is 1.49. The molecule has 0 fully saturated rings. The van der Waals surface area contributed by atoms with Gasteiger partial charge in [0.1, 0.15) is 5.76 Å². The lowest BCUT2D eigenvalue weighted by atomic mass is 10.3. The summed E-state index contributed by atoms with van der Waals surface area (Å²) < 4.78 is 10.2. The van der Waals surface area contributed by atoms with Gasteiger partial charge in [0.15, 0.2) is 0 Å². The third-order valence-corrected chi connectivity index (χ3v) is 1.99. The Bertz CT molecular complexity index is 412. The number of aromatic nitrogens is 1. The lowest BCUT2D eigenvalue weighted by Gasteiger charge is -2.05. The van der Waals surface area contributed by atoms with E-state index < -0.39 is 0 Å². The van der Waals surface area contributed by atoms with Crippen LogP contribution >= 0.6 is 0 Å². The molecule has 0 spiro atoms. The molecule has 0 radical (unpaired) electrons. The van der Waals surface area contributed by atoms with Gasteiger partial charge < -0.3 is 14.5 Å². The zero-order valence-electron chi connectivity index (χ0n) is 8.43. The van der Waals surface area contributed by atoms with E-state index in [4.69, 9.17) is 9.15 Å². The first kappa shape index (κ1) is 9.58. The van der Waals surface area contributed by atoms with E-state index in [1.807, 2.05) is 24.3 Å². The second-order valence-corrected chi connectivity index (χ2v) is 3.02. The molecule has 0 amide bonds. The van der Waals surface area contributed by atoms with E-state index in [0.29, 0.717) is 12.4 Å². The molecule has 2 aromatic heterocycles. The number of furan rings is 1. The molecule has 15 heavy (non-hydrogen) atoms. The van der Waals surface area contributed by atoms with Gasteiger partial charge in [-0.1, -0.05) is 0 Å². The fourth-order valence-corrected chi connectivity index (χ4v) is 1.23. The number of pyridine rings is 1. The summed E-state index contributed by atoms with van der Waals surface area (Å²) in [4.78, 5) is 4.02. The Morgan fingerprint density at radius 3 is 3.13 bits per heavy atom. The molecule has 1 N–H and O–H groups in total. The molecule has 2 aromatic rings. The van der Waals surface area contributed by atoms with Gasteiger partial charge in [-0.3, -0.25) is 0 Å². The molecule has 2 rings (SSSR count). The molecular weight excluding hydrogens is 192 g/mol. The van der Waals surface area contributed by atoms with Crippen molar-refractivity contribution >= 4 is 5.69 Å². The van der Waals surface area contributed by atoms with Crippen molar-refractivity contribution < 1.29 is 9.15 Å². The van der Waals surface area contributed by atoms with E-state index >= 15 is 0 Å². The van der Waals surface area contributed by atoms with Gasteiger partial charge in [0.05, 0.1) is 19.9 Å². The van der Waals surface area contributed by atoms with Gasteiger partial charge in [-0.15, -0.1) is 0 Å². The Labute approximate surface area is 87.9 Å².